The van der Waals surface area contributed by atoms with E-state index < -0.39 is 17.7 Å². The zero-order valence-corrected chi connectivity index (χ0v) is 11.9. The molecule has 0 saturated carbocycles. The fourth-order valence-corrected chi connectivity index (χ4v) is 2.30. The van der Waals surface area contributed by atoms with Crippen LogP contribution in [0.2, 0.25) is 0 Å². The predicted molar refractivity (Wildman–Crippen MR) is 77.7 cm³/mol. The minimum Gasteiger partial charge on any atom is -0.273 e. The van der Waals surface area contributed by atoms with E-state index in [0.29, 0.717) is 24.0 Å². The first-order valence-electron chi connectivity index (χ1n) is 6.85. The number of rotatable bonds is 5. The van der Waals surface area contributed by atoms with Crippen LogP contribution in [-0.4, -0.2) is 17.1 Å². The lowest BCUT2D eigenvalue weighted by Crippen LogP contribution is -2.27. The van der Waals surface area contributed by atoms with Crippen molar-refractivity contribution in [3.63, 3.8) is 0 Å². The Bertz CT molecular complexity index is 644. The van der Waals surface area contributed by atoms with Gasteiger partial charge in [-0.05, 0) is 24.1 Å². The molecule has 0 fully saturated rings. The Labute approximate surface area is 127 Å². The van der Waals surface area contributed by atoms with E-state index in [1.54, 1.807) is 6.21 Å². The number of amides is 1. The van der Waals surface area contributed by atoms with Gasteiger partial charge in [-0.3, -0.25) is 4.79 Å². The van der Waals surface area contributed by atoms with Crippen molar-refractivity contribution in [3.8, 4) is 6.07 Å². The second-order valence-corrected chi connectivity index (χ2v) is 5.08. The molecule has 2 rings (SSSR count). The normalized spacial score (nSPS) is 16.6. The van der Waals surface area contributed by atoms with Crippen LogP contribution >= 0.6 is 0 Å². The first kappa shape index (κ1) is 15.8. The zero-order chi connectivity index (χ0) is 16.1. The van der Waals surface area contributed by atoms with Gasteiger partial charge in [0.05, 0.1) is 18.5 Å². The Morgan fingerprint density at radius 3 is 2.68 bits per heavy atom. The number of carbonyl (C=O) groups is 1. The third kappa shape index (κ3) is 3.76. The van der Waals surface area contributed by atoms with Crippen LogP contribution in [-0.2, 0) is 4.79 Å². The van der Waals surface area contributed by atoms with E-state index in [0.717, 1.165) is 6.07 Å². The molecule has 0 aliphatic carbocycles. The molecule has 0 bridgehead atoms. The van der Waals surface area contributed by atoms with E-state index in [9.17, 15) is 13.6 Å². The maximum absolute atomic E-state index is 13.3. The van der Waals surface area contributed by atoms with Gasteiger partial charge in [0.2, 0.25) is 5.91 Å². The number of hydrogen-bond donors (Lipinski definition) is 0. The van der Waals surface area contributed by atoms with Crippen molar-refractivity contribution in [3.05, 3.63) is 47.5 Å². The molecule has 6 heteroatoms. The maximum atomic E-state index is 13.3. The third-order valence-electron chi connectivity index (χ3n) is 3.38. The second kappa shape index (κ2) is 6.94. The molecule has 0 N–H and O–H groups in total. The van der Waals surface area contributed by atoms with Gasteiger partial charge in [-0.1, -0.05) is 12.2 Å². The summed E-state index contributed by atoms with van der Waals surface area (Å²) in [6.45, 7) is 3.71. The Kier molecular flexibility index (Phi) is 4.99. The van der Waals surface area contributed by atoms with Crippen LogP contribution in [0.25, 0.3) is 0 Å². The lowest BCUT2D eigenvalue weighted by Gasteiger charge is -2.22. The molecular weight excluding hydrogens is 288 g/mol. The summed E-state index contributed by atoms with van der Waals surface area (Å²) in [5.74, 6) is -1.63. The van der Waals surface area contributed by atoms with Crippen LogP contribution in [0.3, 0.4) is 0 Å². The SMILES string of the molecule is C=C(CC#N)CCC(=O)N1N=CCC1c1cc(F)cc(F)c1. The number of nitriles is 1. The summed E-state index contributed by atoms with van der Waals surface area (Å²) in [5.41, 5.74) is 1.05. The number of hydrazone groups is 1. The average Bonchev–Trinajstić information content (AvgIpc) is 2.93. The lowest BCUT2D eigenvalue weighted by atomic mass is 10.0. The molecule has 0 spiro atoms. The standard InChI is InChI=1S/C16H15F2N3O/c1-11(4-6-19)2-3-16(22)21-15(5-7-20-21)12-8-13(17)10-14(18)9-12/h7-10,15H,1-5H2. The van der Waals surface area contributed by atoms with Crippen LogP contribution in [0.1, 0.15) is 37.3 Å². The second-order valence-electron chi connectivity index (χ2n) is 5.08. The van der Waals surface area contributed by atoms with Gasteiger partial charge in [-0.25, -0.2) is 13.8 Å². The molecule has 1 unspecified atom stereocenters. The van der Waals surface area contributed by atoms with Crippen LogP contribution in [0.4, 0.5) is 8.78 Å². The van der Waals surface area contributed by atoms with Crippen molar-refractivity contribution in [1.29, 1.82) is 5.26 Å². The molecule has 1 aliphatic heterocycles. The summed E-state index contributed by atoms with van der Waals surface area (Å²) in [5, 5.41) is 13.8. The highest BCUT2D eigenvalue weighted by Crippen LogP contribution is 2.30. The molecule has 1 amide bonds. The number of benzene rings is 1. The summed E-state index contributed by atoms with van der Waals surface area (Å²) in [6.07, 6.45) is 2.72. The van der Waals surface area contributed by atoms with Crippen molar-refractivity contribution in [2.45, 2.75) is 31.7 Å². The molecule has 1 heterocycles. The van der Waals surface area contributed by atoms with Gasteiger partial charge in [-0.15, -0.1) is 0 Å². The van der Waals surface area contributed by atoms with Crippen LogP contribution < -0.4 is 0 Å². The van der Waals surface area contributed by atoms with Crippen LogP contribution in [0.5, 0.6) is 0 Å². The maximum Gasteiger partial charge on any atom is 0.243 e. The first-order chi connectivity index (χ1) is 10.5. The topological polar surface area (TPSA) is 56.5 Å². The predicted octanol–water partition coefficient (Wildman–Crippen LogP) is 3.47. The van der Waals surface area contributed by atoms with E-state index in [-0.39, 0.29) is 18.7 Å². The van der Waals surface area contributed by atoms with Gasteiger partial charge in [0.1, 0.15) is 11.6 Å². The smallest absolute Gasteiger partial charge is 0.243 e. The Morgan fingerprint density at radius 1 is 1.36 bits per heavy atom. The highest BCUT2D eigenvalue weighted by molar-refractivity contribution is 5.80. The van der Waals surface area contributed by atoms with Crippen molar-refractivity contribution in [1.82, 2.24) is 5.01 Å². The molecule has 0 saturated heterocycles. The van der Waals surface area contributed by atoms with Gasteiger partial charge in [0.25, 0.3) is 0 Å². The van der Waals surface area contributed by atoms with Gasteiger partial charge in [0.15, 0.2) is 0 Å². The average molecular weight is 303 g/mol. The van der Waals surface area contributed by atoms with Crippen molar-refractivity contribution in [2.75, 3.05) is 0 Å². The molecule has 22 heavy (non-hydrogen) atoms. The molecule has 1 atom stereocenters. The third-order valence-corrected chi connectivity index (χ3v) is 3.38. The quantitative estimate of drug-likeness (QED) is 0.782. The van der Waals surface area contributed by atoms with E-state index in [4.69, 9.17) is 5.26 Å². The monoisotopic (exact) mass is 303 g/mol. The molecule has 1 aromatic rings. The summed E-state index contributed by atoms with van der Waals surface area (Å²) in [6, 6.07) is 4.67. The summed E-state index contributed by atoms with van der Waals surface area (Å²) < 4.78 is 26.6. The largest absolute Gasteiger partial charge is 0.273 e. The molecule has 1 aromatic carbocycles. The van der Waals surface area contributed by atoms with E-state index in [1.165, 1.54) is 17.1 Å². The molecule has 4 nitrogen and oxygen atoms in total. The summed E-state index contributed by atoms with van der Waals surface area (Å²) in [7, 11) is 0. The summed E-state index contributed by atoms with van der Waals surface area (Å²) in [4.78, 5) is 12.2. The van der Waals surface area contributed by atoms with Crippen molar-refractivity contribution in [2.24, 2.45) is 5.10 Å². The molecule has 0 radical (unpaired) electrons. The Balaban J connectivity index is 2.06. The van der Waals surface area contributed by atoms with Crippen molar-refractivity contribution < 1.29 is 13.6 Å². The number of hydrogen-bond acceptors (Lipinski definition) is 3. The Morgan fingerprint density at radius 2 is 2.05 bits per heavy atom. The Hall–Kier alpha value is -2.55. The molecule has 114 valence electrons. The van der Waals surface area contributed by atoms with Crippen LogP contribution in [0, 0.1) is 23.0 Å². The minimum atomic E-state index is -0.684. The minimum absolute atomic E-state index is 0.159. The van der Waals surface area contributed by atoms with E-state index in [1.807, 2.05) is 6.07 Å². The molecular formula is C16H15F2N3O. The van der Waals surface area contributed by atoms with E-state index in [2.05, 4.69) is 11.7 Å². The zero-order valence-electron chi connectivity index (χ0n) is 11.9. The van der Waals surface area contributed by atoms with Gasteiger partial charge >= 0.3 is 0 Å². The van der Waals surface area contributed by atoms with Crippen molar-refractivity contribution >= 4 is 12.1 Å². The molecule has 0 aromatic heterocycles. The lowest BCUT2D eigenvalue weighted by molar-refractivity contribution is -0.133. The van der Waals surface area contributed by atoms with Gasteiger partial charge in [0, 0.05) is 25.1 Å². The van der Waals surface area contributed by atoms with Gasteiger partial charge in [-0.2, -0.15) is 10.4 Å². The number of allylic oxidation sites excluding steroid dienone is 1. The van der Waals surface area contributed by atoms with Gasteiger partial charge < -0.3 is 0 Å². The fourth-order valence-electron chi connectivity index (χ4n) is 2.30. The fraction of sp³-hybridized carbons (Fsp3) is 0.312. The number of carbonyl (C=O) groups excluding carboxylic acids is 1. The highest BCUT2D eigenvalue weighted by atomic mass is 19.1. The van der Waals surface area contributed by atoms with Crippen LogP contribution in [0.15, 0.2) is 35.5 Å². The number of halogens is 2. The summed E-state index contributed by atoms with van der Waals surface area (Å²) >= 11 is 0. The molecule has 1 aliphatic rings. The number of nitrogens with zero attached hydrogens (tertiary/aromatic N) is 3. The van der Waals surface area contributed by atoms with E-state index >= 15 is 0 Å². The highest BCUT2D eigenvalue weighted by Gasteiger charge is 2.28. The first-order valence-corrected chi connectivity index (χ1v) is 6.85.